The van der Waals surface area contributed by atoms with Crippen molar-refractivity contribution >= 4 is 5.91 Å². The van der Waals surface area contributed by atoms with E-state index in [0.29, 0.717) is 12.1 Å². The molecule has 94 valence electrons. The number of carbonyl (C=O) groups excluding carboxylic acids is 1. The van der Waals surface area contributed by atoms with E-state index in [1.54, 1.807) is 0 Å². The van der Waals surface area contributed by atoms with Crippen LogP contribution >= 0.6 is 0 Å². The standard InChI is InChI=1S/C12H25N3O/c1-8(2)14-12(16)11(5)15-7-9(3)13-6-10(15)4/h8-11,13H,6-7H2,1-5H3,(H,14,16). The Morgan fingerprint density at radius 2 is 2.00 bits per heavy atom. The van der Waals surface area contributed by atoms with Gasteiger partial charge in [-0.15, -0.1) is 0 Å². The molecule has 0 bridgehead atoms. The number of piperazine rings is 1. The summed E-state index contributed by atoms with van der Waals surface area (Å²) in [5.41, 5.74) is 0. The van der Waals surface area contributed by atoms with E-state index < -0.39 is 0 Å². The molecule has 1 saturated heterocycles. The summed E-state index contributed by atoms with van der Waals surface area (Å²) in [6, 6.07) is 1.06. The number of nitrogens with zero attached hydrogens (tertiary/aromatic N) is 1. The molecule has 1 amide bonds. The normalized spacial score (nSPS) is 29.1. The largest absolute Gasteiger partial charge is 0.353 e. The van der Waals surface area contributed by atoms with E-state index in [2.05, 4.69) is 29.4 Å². The van der Waals surface area contributed by atoms with Crippen LogP contribution in [0.4, 0.5) is 0 Å². The van der Waals surface area contributed by atoms with E-state index in [9.17, 15) is 4.79 Å². The van der Waals surface area contributed by atoms with Gasteiger partial charge in [-0.1, -0.05) is 0 Å². The Balaban J connectivity index is 2.57. The summed E-state index contributed by atoms with van der Waals surface area (Å²) < 4.78 is 0. The van der Waals surface area contributed by atoms with Gasteiger partial charge < -0.3 is 10.6 Å². The number of rotatable bonds is 3. The quantitative estimate of drug-likeness (QED) is 0.741. The van der Waals surface area contributed by atoms with Crippen molar-refractivity contribution in [3.8, 4) is 0 Å². The first kappa shape index (κ1) is 13.5. The maximum atomic E-state index is 11.9. The molecule has 0 aromatic carbocycles. The Kier molecular flexibility index (Phi) is 4.74. The molecule has 0 saturated carbocycles. The lowest BCUT2D eigenvalue weighted by atomic mass is 10.1. The van der Waals surface area contributed by atoms with Crippen LogP contribution in [0.25, 0.3) is 0 Å². The van der Waals surface area contributed by atoms with Crippen molar-refractivity contribution in [2.75, 3.05) is 13.1 Å². The average molecular weight is 227 g/mol. The first-order chi connectivity index (χ1) is 7.41. The van der Waals surface area contributed by atoms with Gasteiger partial charge >= 0.3 is 0 Å². The van der Waals surface area contributed by atoms with Gasteiger partial charge in [-0.05, 0) is 34.6 Å². The molecule has 3 unspecified atom stereocenters. The molecule has 4 heteroatoms. The Hall–Kier alpha value is -0.610. The zero-order valence-corrected chi connectivity index (χ0v) is 11.1. The minimum atomic E-state index is -0.0399. The van der Waals surface area contributed by atoms with Crippen LogP contribution in [-0.4, -0.2) is 48.1 Å². The van der Waals surface area contributed by atoms with Crippen LogP contribution in [0.1, 0.15) is 34.6 Å². The fourth-order valence-electron chi connectivity index (χ4n) is 2.15. The lowest BCUT2D eigenvalue weighted by Crippen LogP contribution is -2.60. The Morgan fingerprint density at radius 3 is 2.56 bits per heavy atom. The predicted molar refractivity (Wildman–Crippen MR) is 66.4 cm³/mol. The Morgan fingerprint density at radius 1 is 1.38 bits per heavy atom. The molecule has 1 rings (SSSR count). The van der Waals surface area contributed by atoms with Crippen molar-refractivity contribution in [2.24, 2.45) is 0 Å². The monoisotopic (exact) mass is 227 g/mol. The molecule has 1 aliphatic rings. The predicted octanol–water partition coefficient (Wildman–Crippen LogP) is 0.582. The average Bonchev–Trinajstić information content (AvgIpc) is 2.19. The van der Waals surface area contributed by atoms with Gasteiger partial charge in [0.15, 0.2) is 0 Å². The highest BCUT2D eigenvalue weighted by Gasteiger charge is 2.30. The maximum Gasteiger partial charge on any atom is 0.237 e. The summed E-state index contributed by atoms with van der Waals surface area (Å²) in [5.74, 6) is 0.135. The molecule has 0 aromatic rings. The SMILES string of the molecule is CC(C)NC(=O)C(C)N1CC(C)NCC1C. The second kappa shape index (κ2) is 5.64. The van der Waals surface area contributed by atoms with Gasteiger partial charge in [-0.3, -0.25) is 9.69 Å². The highest BCUT2D eigenvalue weighted by Crippen LogP contribution is 2.11. The van der Waals surface area contributed by atoms with Crippen LogP contribution in [0.2, 0.25) is 0 Å². The molecule has 0 radical (unpaired) electrons. The van der Waals surface area contributed by atoms with Gasteiger partial charge in [-0.2, -0.15) is 0 Å². The fraction of sp³-hybridized carbons (Fsp3) is 0.917. The number of nitrogens with one attached hydrogen (secondary N) is 2. The van der Waals surface area contributed by atoms with Crippen LogP contribution < -0.4 is 10.6 Å². The van der Waals surface area contributed by atoms with Crippen LogP contribution in [0.3, 0.4) is 0 Å². The molecular weight excluding hydrogens is 202 g/mol. The lowest BCUT2D eigenvalue weighted by molar-refractivity contribution is -0.127. The zero-order valence-electron chi connectivity index (χ0n) is 11.1. The minimum Gasteiger partial charge on any atom is -0.353 e. The second-order valence-corrected chi connectivity index (χ2v) is 5.19. The van der Waals surface area contributed by atoms with Crippen molar-refractivity contribution in [1.29, 1.82) is 0 Å². The highest BCUT2D eigenvalue weighted by atomic mass is 16.2. The van der Waals surface area contributed by atoms with E-state index in [0.717, 1.165) is 13.1 Å². The van der Waals surface area contributed by atoms with Crippen molar-refractivity contribution in [3.63, 3.8) is 0 Å². The molecule has 2 N–H and O–H groups in total. The van der Waals surface area contributed by atoms with Gasteiger partial charge in [0.25, 0.3) is 0 Å². The first-order valence-electron chi connectivity index (χ1n) is 6.21. The first-order valence-corrected chi connectivity index (χ1v) is 6.21. The third-order valence-electron chi connectivity index (χ3n) is 3.12. The Bertz CT molecular complexity index is 242. The number of amides is 1. The molecule has 1 fully saturated rings. The molecule has 16 heavy (non-hydrogen) atoms. The molecule has 0 spiro atoms. The number of hydrogen-bond donors (Lipinski definition) is 2. The zero-order chi connectivity index (χ0) is 12.3. The number of carbonyl (C=O) groups is 1. The second-order valence-electron chi connectivity index (χ2n) is 5.19. The fourth-order valence-corrected chi connectivity index (χ4v) is 2.15. The van der Waals surface area contributed by atoms with Crippen molar-refractivity contribution in [2.45, 2.75) is 58.8 Å². The Labute approximate surface area is 98.8 Å². The van der Waals surface area contributed by atoms with Crippen LogP contribution in [0.5, 0.6) is 0 Å². The smallest absolute Gasteiger partial charge is 0.237 e. The van der Waals surface area contributed by atoms with Gasteiger partial charge in [-0.25, -0.2) is 0 Å². The van der Waals surface area contributed by atoms with E-state index in [1.165, 1.54) is 0 Å². The summed E-state index contributed by atoms with van der Waals surface area (Å²) in [4.78, 5) is 14.2. The molecule has 0 aliphatic carbocycles. The highest BCUT2D eigenvalue weighted by molar-refractivity contribution is 5.81. The molecule has 0 aromatic heterocycles. The molecule has 1 heterocycles. The summed E-state index contributed by atoms with van der Waals surface area (Å²) in [5, 5.41) is 6.40. The molecule has 3 atom stereocenters. The van der Waals surface area contributed by atoms with Crippen LogP contribution in [0.15, 0.2) is 0 Å². The van der Waals surface area contributed by atoms with Gasteiger partial charge in [0.05, 0.1) is 6.04 Å². The van der Waals surface area contributed by atoms with Crippen molar-refractivity contribution in [3.05, 3.63) is 0 Å². The third-order valence-corrected chi connectivity index (χ3v) is 3.12. The van der Waals surface area contributed by atoms with Crippen LogP contribution in [-0.2, 0) is 4.79 Å². The van der Waals surface area contributed by atoms with Crippen LogP contribution in [0, 0.1) is 0 Å². The topological polar surface area (TPSA) is 44.4 Å². The summed E-state index contributed by atoms with van der Waals surface area (Å²) in [6.07, 6.45) is 0. The van der Waals surface area contributed by atoms with Gasteiger partial charge in [0, 0.05) is 31.2 Å². The third kappa shape index (κ3) is 3.46. The number of hydrogen-bond acceptors (Lipinski definition) is 3. The molecule has 1 aliphatic heterocycles. The minimum absolute atomic E-state index is 0.0399. The summed E-state index contributed by atoms with van der Waals surface area (Å²) in [6.45, 7) is 12.2. The van der Waals surface area contributed by atoms with Gasteiger partial charge in [0.1, 0.15) is 0 Å². The van der Waals surface area contributed by atoms with E-state index in [4.69, 9.17) is 0 Å². The van der Waals surface area contributed by atoms with E-state index in [1.807, 2.05) is 20.8 Å². The summed E-state index contributed by atoms with van der Waals surface area (Å²) >= 11 is 0. The van der Waals surface area contributed by atoms with E-state index >= 15 is 0 Å². The molecular formula is C12H25N3O. The van der Waals surface area contributed by atoms with Crippen molar-refractivity contribution < 1.29 is 4.79 Å². The van der Waals surface area contributed by atoms with Crippen molar-refractivity contribution in [1.82, 2.24) is 15.5 Å². The molecule has 4 nitrogen and oxygen atoms in total. The van der Waals surface area contributed by atoms with E-state index in [-0.39, 0.29) is 18.0 Å². The lowest BCUT2D eigenvalue weighted by Gasteiger charge is -2.40. The van der Waals surface area contributed by atoms with Gasteiger partial charge in [0.2, 0.25) is 5.91 Å². The maximum absolute atomic E-state index is 11.9. The summed E-state index contributed by atoms with van der Waals surface area (Å²) in [7, 11) is 0.